The van der Waals surface area contributed by atoms with E-state index in [9.17, 15) is 0 Å². The number of rotatable bonds is 4. The number of aryl methyl sites for hydroxylation is 2. The third-order valence-electron chi connectivity index (χ3n) is 2.87. The third-order valence-corrected chi connectivity index (χ3v) is 4.14. The molecule has 0 amide bonds. The van der Waals surface area contributed by atoms with Crippen LogP contribution in [0.1, 0.15) is 17.0 Å². The Morgan fingerprint density at radius 3 is 3.00 bits per heavy atom. The summed E-state index contributed by atoms with van der Waals surface area (Å²) in [6.07, 6.45) is 1.80. The highest BCUT2D eigenvalue weighted by atomic mass is 35.5. The first-order valence-electron chi connectivity index (χ1n) is 6.15. The molecule has 3 nitrogen and oxygen atoms in total. The Labute approximate surface area is 120 Å². The molecule has 0 saturated carbocycles. The van der Waals surface area contributed by atoms with Crippen LogP contribution in [-0.4, -0.2) is 16.1 Å². The van der Waals surface area contributed by atoms with Crippen molar-refractivity contribution >= 4 is 33.9 Å². The molecule has 0 saturated heterocycles. The normalized spacial score (nSPS) is 11.3. The van der Waals surface area contributed by atoms with Crippen molar-refractivity contribution in [1.29, 1.82) is 0 Å². The Balaban J connectivity index is 1.92. The summed E-state index contributed by atoms with van der Waals surface area (Å²) in [5.41, 5.74) is 2.11. The molecule has 3 aromatic rings. The van der Waals surface area contributed by atoms with Gasteiger partial charge in [0.15, 0.2) is 10.8 Å². The highest BCUT2D eigenvalue weighted by Crippen LogP contribution is 2.30. The van der Waals surface area contributed by atoms with Crippen LogP contribution in [0.15, 0.2) is 28.7 Å². The largest absolute Gasteiger partial charge is 0.453 e. The van der Waals surface area contributed by atoms with E-state index in [1.54, 1.807) is 11.3 Å². The minimum Gasteiger partial charge on any atom is -0.453 e. The van der Waals surface area contributed by atoms with Crippen LogP contribution in [0, 0.1) is 6.92 Å². The lowest BCUT2D eigenvalue weighted by atomic mass is 10.2. The van der Waals surface area contributed by atoms with Crippen molar-refractivity contribution in [1.82, 2.24) is 10.2 Å². The van der Waals surface area contributed by atoms with Crippen molar-refractivity contribution in [2.24, 2.45) is 0 Å². The summed E-state index contributed by atoms with van der Waals surface area (Å²) in [4.78, 5) is 0. The van der Waals surface area contributed by atoms with Gasteiger partial charge in [-0.2, -0.15) is 0 Å². The average molecular weight is 293 g/mol. The van der Waals surface area contributed by atoms with E-state index in [0.29, 0.717) is 5.88 Å². The molecular formula is C14H13ClN2OS. The zero-order valence-electron chi connectivity index (χ0n) is 10.5. The highest BCUT2D eigenvalue weighted by Gasteiger charge is 2.11. The number of aromatic nitrogens is 2. The Morgan fingerprint density at radius 1 is 1.26 bits per heavy atom. The number of furan rings is 1. The van der Waals surface area contributed by atoms with Crippen LogP contribution < -0.4 is 0 Å². The lowest BCUT2D eigenvalue weighted by Crippen LogP contribution is -1.84. The third kappa shape index (κ3) is 2.65. The molecule has 2 heterocycles. The Hall–Kier alpha value is -1.39. The van der Waals surface area contributed by atoms with Crippen LogP contribution in [0.4, 0.5) is 0 Å². The molecule has 0 N–H and O–H groups in total. The molecule has 0 unspecified atom stereocenters. The molecule has 0 spiro atoms. The number of fused-ring (bicyclic) bond motifs is 1. The summed E-state index contributed by atoms with van der Waals surface area (Å²) in [6, 6.07) is 8.16. The Bertz CT molecular complexity index is 704. The van der Waals surface area contributed by atoms with Gasteiger partial charge in [-0.3, -0.25) is 0 Å². The summed E-state index contributed by atoms with van der Waals surface area (Å²) in [6.45, 7) is 2.07. The van der Waals surface area contributed by atoms with Gasteiger partial charge in [0.25, 0.3) is 0 Å². The van der Waals surface area contributed by atoms with Crippen LogP contribution in [0.25, 0.3) is 21.7 Å². The fourth-order valence-corrected chi connectivity index (χ4v) is 2.91. The van der Waals surface area contributed by atoms with Crippen molar-refractivity contribution < 1.29 is 4.42 Å². The molecule has 0 fully saturated rings. The minimum atomic E-state index is 0.652. The van der Waals surface area contributed by atoms with Crippen molar-refractivity contribution in [3.8, 4) is 10.8 Å². The van der Waals surface area contributed by atoms with Gasteiger partial charge in [0.05, 0.1) is 0 Å². The first-order chi connectivity index (χ1) is 9.26. The van der Waals surface area contributed by atoms with Crippen LogP contribution >= 0.6 is 22.9 Å². The first-order valence-corrected chi connectivity index (χ1v) is 7.50. The predicted molar refractivity (Wildman–Crippen MR) is 78.9 cm³/mol. The van der Waals surface area contributed by atoms with Gasteiger partial charge in [0.2, 0.25) is 0 Å². The van der Waals surface area contributed by atoms with E-state index in [1.165, 1.54) is 5.56 Å². The molecule has 2 aromatic heterocycles. The SMILES string of the molecule is Cc1ccc2oc(-c3nnc(CCCCl)s3)cc2c1. The molecule has 19 heavy (non-hydrogen) atoms. The van der Waals surface area contributed by atoms with Gasteiger partial charge in [-0.15, -0.1) is 21.8 Å². The van der Waals surface area contributed by atoms with E-state index < -0.39 is 0 Å². The molecule has 98 valence electrons. The lowest BCUT2D eigenvalue weighted by Gasteiger charge is -1.89. The summed E-state index contributed by atoms with van der Waals surface area (Å²) < 4.78 is 5.81. The quantitative estimate of drug-likeness (QED) is 0.668. The number of benzene rings is 1. The maximum atomic E-state index is 5.81. The molecule has 0 aliphatic rings. The van der Waals surface area contributed by atoms with Crippen molar-refractivity contribution in [3.63, 3.8) is 0 Å². The highest BCUT2D eigenvalue weighted by molar-refractivity contribution is 7.14. The van der Waals surface area contributed by atoms with Crippen LogP contribution in [0.5, 0.6) is 0 Å². The van der Waals surface area contributed by atoms with E-state index >= 15 is 0 Å². The zero-order chi connectivity index (χ0) is 13.2. The minimum absolute atomic E-state index is 0.652. The fourth-order valence-electron chi connectivity index (χ4n) is 1.94. The van der Waals surface area contributed by atoms with Gasteiger partial charge in [0.1, 0.15) is 10.6 Å². The maximum Gasteiger partial charge on any atom is 0.183 e. The van der Waals surface area contributed by atoms with Gasteiger partial charge in [-0.1, -0.05) is 23.0 Å². The number of hydrogen-bond acceptors (Lipinski definition) is 4. The molecule has 0 aliphatic carbocycles. The molecular weight excluding hydrogens is 280 g/mol. The molecule has 3 rings (SSSR count). The smallest absolute Gasteiger partial charge is 0.183 e. The summed E-state index contributed by atoms with van der Waals surface area (Å²) in [5.74, 6) is 1.44. The van der Waals surface area contributed by atoms with Crippen LogP contribution in [0.3, 0.4) is 0 Å². The summed E-state index contributed by atoms with van der Waals surface area (Å²) in [5, 5.41) is 11.3. The second-order valence-corrected chi connectivity index (χ2v) is 5.89. The lowest BCUT2D eigenvalue weighted by molar-refractivity contribution is 0.629. The van der Waals surface area contributed by atoms with Gasteiger partial charge in [0, 0.05) is 17.7 Å². The monoisotopic (exact) mass is 292 g/mol. The predicted octanol–water partition coefficient (Wildman–Crippen LogP) is 4.43. The Kier molecular flexibility index (Phi) is 3.53. The van der Waals surface area contributed by atoms with E-state index in [1.807, 2.05) is 18.2 Å². The van der Waals surface area contributed by atoms with Crippen molar-refractivity contribution in [2.45, 2.75) is 19.8 Å². The second kappa shape index (κ2) is 5.31. The standard InChI is InChI=1S/C14H13ClN2OS/c1-9-4-5-11-10(7-9)8-12(18-11)14-17-16-13(19-14)3-2-6-15/h4-5,7-8H,2-3,6H2,1H3. The molecule has 0 radical (unpaired) electrons. The van der Waals surface area contributed by atoms with E-state index in [0.717, 1.165) is 39.6 Å². The molecule has 5 heteroatoms. The molecule has 1 aromatic carbocycles. The van der Waals surface area contributed by atoms with Gasteiger partial charge < -0.3 is 4.42 Å². The number of halogens is 1. The summed E-state index contributed by atoms with van der Waals surface area (Å²) in [7, 11) is 0. The van der Waals surface area contributed by atoms with E-state index in [2.05, 4.69) is 23.2 Å². The fraction of sp³-hybridized carbons (Fsp3) is 0.286. The van der Waals surface area contributed by atoms with Crippen molar-refractivity contribution in [2.75, 3.05) is 5.88 Å². The topological polar surface area (TPSA) is 38.9 Å². The summed E-state index contributed by atoms with van der Waals surface area (Å²) >= 11 is 7.25. The second-order valence-electron chi connectivity index (χ2n) is 4.45. The molecule has 0 bridgehead atoms. The van der Waals surface area contributed by atoms with E-state index in [4.69, 9.17) is 16.0 Å². The van der Waals surface area contributed by atoms with Gasteiger partial charge in [-0.05, 0) is 31.5 Å². The zero-order valence-corrected chi connectivity index (χ0v) is 12.1. The Morgan fingerprint density at radius 2 is 2.16 bits per heavy atom. The first kappa shape index (κ1) is 12.6. The van der Waals surface area contributed by atoms with Gasteiger partial charge >= 0.3 is 0 Å². The van der Waals surface area contributed by atoms with Crippen LogP contribution in [0.2, 0.25) is 0 Å². The maximum absolute atomic E-state index is 5.81. The number of alkyl halides is 1. The van der Waals surface area contributed by atoms with Crippen molar-refractivity contribution in [3.05, 3.63) is 34.8 Å². The van der Waals surface area contributed by atoms with Crippen LogP contribution in [-0.2, 0) is 6.42 Å². The van der Waals surface area contributed by atoms with E-state index in [-0.39, 0.29) is 0 Å². The molecule has 0 atom stereocenters. The number of nitrogens with zero attached hydrogens (tertiary/aromatic N) is 2. The molecule has 0 aliphatic heterocycles. The average Bonchev–Trinajstić information content (AvgIpc) is 3.01. The number of hydrogen-bond donors (Lipinski definition) is 0. The van der Waals surface area contributed by atoms with Gasteiger partial charge in [-0.25, -0.2) is 0 Å².